The normalized spacial score (nSPS) is 14.9. The number of ether oxygens (including phenoxy) is 24. The molecule has 32 heteroatoms. The predicted molar refractivity (Wildman–Crippen MR) is 440 cm³/mol. The number of aromatic nitrogens is 3. The highest BCUT2D eigenvalue weighted by Gasteiger charge is 2.50. The van der Waals surface area contributed by atoms with Gasteiger partial charge in [-0.1, -0.05) is 115 Å². The Morgan fingerprint density at radius 2 is 0.598 bits per heavy atom. The van der Waals surface area contributed by atoms with E-state index in [0.717, 1.165) is 89.2 Å². The number of amides is 1. The molecular weight excluding hydrogens is 1520 g/mol. The molecule has 1 heterocycles. The van der Waals surface area contributed by atoms with Gasteiger partial charge < -0.3 is 124 Å². The van der Waals surface area contributed by atoms with Crippen LogP contribution in [0.25, 0.3) is 0 Å². The number of Topliss-reactive ketones (excluding diaryl/α,β-unsaturated/α-hetero) is 1. The number of carboxylic acids is 1. The van der Waals surface area contributed by atoms with E-state index in [4.69, 9.17) is 114 Å². The molecule has 1 saturated carbocycles. The van der Waals surface area contributed by atoms with Gasteiger partial charge in [0, 0.05) is 26.5 Å². The molecule has 0 saturated heterocycles. The van der Waals surface area contributed by atoms with Gasteiger partial charge in [-0.05, 0) is 69.1 Å². The van der Waals surface area contributed by atoms with E-state index < -0.39 is 5.97 Å². The van der Waals surface area contributed by atoms with Crippen molar-refractivity contribution in [1.29, 1.82) is 0 Å². The Balaban J connectivity index is 0.850. The standard InChI is InChI=1S/C85H160N4O28/c1-3-4-5-6-7-8-11-14-17-21-77(84(91)92)22-18-15-12-9-10-13-16-19-23-78(90)24-20-30-94-32-34-96-36-38-98-40-42-100-44-46-102-48-50-104-52-54-106-56-58-108-60-62-110-64-66-112-68-70-114-72-74-116-75-73-115-71-69-113-67-65-111-63-61-109-59-57-107-55-53-105-51-49-103-47-45-101-43-41-99-39-37-97-35-33-95-31-29-89-83-28-26-80-79(25-27-82(83)87-88-89)81(80)76-117-85(93)86-2/h77,79-81H,3-76H2,1-2H3,(H,86,93)(H,91,92)/t77?,79-,80+,81-/m1/s1. The third-order valence-electron chi connectivity index (χ3n) is 19.6. The van der Waals surface area contributed by atoms with Crippen molar-refractivity contribution in [2.75, 3.05) is 318 Å². The third-order valence-corrected chi connectivity index (χ3v) is 19.6. The molecule has 2 N–H and O–H groups in total. The fourth-order valence-corrected chi connectivity index (χ4v) is 12.9. The van der Waals surface area contributed by atoms with Crippen LogP contribution in [0, 0.1) is 23.7 Å². The summed E-state index contributed by atoms with van der Waals surface area (Å²) < 4.78 is 136. The molecule has 2 aliphatic rings. The van der Waals surface area contributed by atoms with Crippen molar-refractivity contribution in [3.05, 3.63) is 11.4 Å². The first-order valence-corrected chi connectivity index (χ1v) is 44.7. The Morgan fingerprint density at radius 3 is 0.889 bits per heavy atom. The number of hydrogen-bond acceptors (Lipinski definition) is 29. The summed E-state index contributed by atoms with van der Waals surface area (Å²) in [5.74, 6) is 1.17. The van der Waals surface area contributed by atoms with Gasteiger partial charge in [0.25, 0.3) is 0 Å². The summed E-state index contributed by atoms with van der Waals surface area (Å²) in [6, 6.07) is 0. The second kappa shape index (κ2) is 86.2. The Labute approximate surface area is 701 Å². The number of nitrogens with one attached hydrogen (secondary N) is 1. The topological polar surface area (TPSA) is 336 Å². The number of carbonyl (C=O) groups excluding carboxylic acids is 2. The van der Waals surface area contributed by atoms with Crippen LogP contribution in [0.3, 0.4) is 0 Å². The molecule has 0 bridgehead atoms. The van der Waals surface area contributed by atoms with E-state index in [1.54, 1.807) is 7.05 Å². The third kappa shape index (κ3) is 70.7. The van der Waals surface area contributed by atoms with Crippen LogP contribution in [0.15, 0.2) is 0 Å². The van der Waals surface area contributed by atoms with Gasteiger partial charge in [0.1, 0.15) is 5.78 Å². The summed E-state index contributed by atoms with van der Waals surface area (Å²) in [4.78, 5) is 35.5. The summed E-state index contributed by atoms with van der Waals surface area (Å²) in [6.45, 7) is 25.6. The summed E-state index contributed by atoms with van der Waals surface area (Å²) >= 11 is 0. The van der Waals surface area contributed by atoms with Gasteiger partial charge >= 0.3 is 12.1 Å². The van der Waals surface area contributed by atoms with Gasteiger partial charge in [0.15, 0.2) is 0 Å². The SMILES string of the molecule is CCCCCCCCCCCC(CCCCCCCCCCC(=O)CCCOCCOCCOCCOCCOCCOCCOCCOCCOCCOCCOCCOCCOCCOCCOCCOCCOCCOCCOCCOCCOCCOCCOCCn1nnc2c1CC[C@H]1[C@@H](CC2)[C@H]1COC(=O)NC)C(=O)O. The monoisotopic (exact) mass is 1690 g/mol. The first kappa shape index (κ1) is 108. The Hall–Kier alpha value is -3.37. The highest BCUT2D eigenvalue weighted by Crippen LogP contribution is 2.53. The Morgan fingerprint density at radius 1 is 0.342 bits per heavy atom. The number of carbonyl (C=O) groups is 3. The fraction of sp³-hybridized carbons (Fsp3) is 0.941. The summed E-state index contributed by atoms with van der Waals surface area (Å²) in [6.07, 6.45) is 27.5. The number of hydrogen-bond donors (Lipinski definition) is 2. The smallest absolute Gasteiger partial charge is 0.406 e. The van der Waals surface area contributed by atoms with Crippen LogP contribution in [0.1, 0.15) is 172 Å². The molecule has 1 fully saturated rings. The molecule has 3 rings (SSSR count). The molecular formula is C85H160N4O28. The van der Waals surface area contributed by atoms with Gasteiger partial charge in [-0.2, -0.15) is 0 Å². The minimum atomic E-state index is -0.617. The van der Waals surface area contributed by atoms with Crippen LogP contribution in [0.5, 0.6) is 0 Å². The lowest BCUT2D eigenvalue weighted by atomic mass is 9.94. The molecule has 0 spiro atoms. The lowest BCUT2D eigenvalue weighted by molar-refractivity contribution is -0.142. The molecule has 0 radical (unpaired) electrons. The van der Waals surface area contributed by atoms with E-state index in [0.29, 0.717) is 353 Å². The molecule has 1 aromatic rings. The van der Waals surface area contributed by atoms with Crippen molar-refractivity contribution in [3.63, 3.8) is 0 Å². The van der Waals surface area contributed by atoms with Gasteiger partial charge in [0.05, 0.1) is 328 Å². The van der Waals surface area contributed by atoms with Crippen LogP contribution in [-0.4, -0.2) is 356 Å². The van der Waals surface area contributed by atoms with E-state index >= 15 is 0 Å². The quantitative estimate of drug-likeness (QED) is 0.0573. The van der Waals surface area contributed by atoms with Crippen LogP contribution >= 0.6 is 0 Å². The summed E-state index contributed by atoms with van der Waals surface area (Å²) in [7, 11) is 1.58. The predicted octanol–water partition coefficient (Wildman–Crippen LogP) is 9.63. The second-order valence-corrected chi connectivity index (χ2v) is 28.9. The number of alkyl carbamates (subject to hydrolysis) is 1. The first-order chi connectivity index (χ1) is 57.9. The molecule has 1 aromatic heterocycles. The minimum absolute atomic E-state index is 0.176. The van der Waals surface area contributed by atoms with E-state index in [9.17, 15) is 19.5 Å². The highest BCUT2D eigenvalue weighted by atomic mass is 16.6. The van der Waals surface area contributed by atoms with E-state index in [1.807, 2.05) is 4.68 Å². The number of rotatable bonds is 97. The molecule has 32 nitrogen and oxygen atoms in total. The molecule has 0 aliphatic heterocycles. The maximum atomic E-state index is 12.3. The zero-order valence-electron chi connectivity index (χ0n) is 72.4. The zero-order chi connectivity index (χ0) is 83.2. The van der Waals surface area contributed by atoms with Crippen molar-refractivity contribution in [2.24, 2.45) is 23.7 Å². The average Bonchev–Trinajstić information content (AvgIpc) is 1.61. The van der Waals surface area contributed by atoms with Crippen LogP contribution in [-0.2, 0) is 143 Å². The minimum Gasteiger partial charge on any atom is -0.481 e. The number of ketones is 1. The second-order valence-electron chi connectivity index (χ2n) is 28.9. The van der Waals surface area contributed by atoms with Crippen molar-refractivity contribution in [1.82, 2.24) is 20.3 Å². The Kier molecular flexibility index (Phi) is 79.4. The Bertz CT molecular complexity index is 2280. The van der Waals surface area contributed by atoms with Gasteiger partial charge in [-0.3, -0.25) is 9.59 Å². The molecule has 4 atom stereocenters. The number of fused-ring (bicyclic) bond motifs is 2. The van der Waals surface area contributed by atoms with Crippen molar-refractivity contribution in [3.8, 4) is 0 Å². The van der Waals surface area contributed by atoms with Crippen molar-refractivity contribution < 1.29 is 133 Å². The molecule has 1 amide bonds. The number of carboxylic acid groups (broad SMARTS) is 1. The van der Waals surface area contributed by atoms with Gasteiger partial charge in [-0.15, -0.1) is 5.10 Å². The zero-order valence-corrected chi connectivity index (χ0v) is 72.4. The molecule has 2 aliphatic carbocycles. The van der Waals surface area contributed by atoms with Crippen molar-refractivity contribution in [2.45, 2.75) is 180 Å². The van der Waals surface area contributed by atoms with Gasteiger partial charge in [-0.25, -0.2) is 9.48 Å². The van der Waals surface area contributed by atoms with Crippen LogP contribution in [0.2, 0.25) is 0 Å². The van der Waals surface area contributed by atoms with E-state index in [1.165, 1.54) is 76.3 Å². The average molecular weight is 1690 g/mol. The van der Waals surface area contributed by atoms with E-state index in [-0.39, 0.29) is 12.0 Å². The maximum absolute atomic E-state index is 12.3. The number of aliphatic carboxylic acids is 1. The summed E-state index contributed by atoms with van der Waals surface area (Å²) in [5, 5.41) is 21.0. The van der Waals surface area contributed by atoms with Crippen molar-refractivity contribution >= 4 is 17.8 Å². The lowest BCUT2D eigenvalue weighted by Gasteiger charge is -2.12. The largest absolute Gasteiger partial charge is 0.481 e. The van der Waals surface area contributed by atoms with E-state index in [2.05, 4.69) is 22.6 Å². The fourth-order valence-electron chi connectivity index (χ4n) is 12.9. The van der Waals surface area contributed by atoms with Gasteiger partial charge in [0.2, 0.25) is 0 Å². The van der Waals surface area contributed by atoms with Crippen LogP contribution in [0.4, 0.5) is 4.79 Å². The maximum Gasteiger partial charge on any atom is 0.406 e. The lowest BCUT2D eigenvalue weighted by Crippen LogP contribution is -2.20. The molecule has 1 unspecified atom stereocenters. The molecule has 117 heavy (non-hydrogen) atoms. The summed E-state index contributed by atoms with van der Waals surface area (Å²) in [5.41, 5.74) is 2.28. The first-order valence-electron chi connectivity index (χ1n) is 44.7. The number of nitrogens with zero attached hydrogens (tertiary/aromatic N) is 3. The number of aryl methyl sites for hydroxylation is 1. The highest BCUT2D eigenvalue weighted by molar-refractivity contribution is 5.78. The molecule has 0 aromatic carbocycles. The van der Waals surface area contributed by atoms with Crippen LogP contribution < -0.4 is 5.32 Å². The number of unbranched alkanes of at least 4 members (excludes halogenated alkanes) is 15. The molecule has 688 valence electrons.